The van der Waals surface area contributed by atoms with Gasteiger partial charge in [-0.05, 0) is 11.6 Å². The van der Waals surface area contributed by atoms with Crippen LogP contribution in [-0.4, -0.2) is 30.4 Å². The summed E-state index contributed by atoms with van der Waals surface area (Å²) in [6.07, 6.45) is 2.95. The third-order valence-electron chi connectivity index (χ3n) is 3.70. The molecule has 0 radical (unpaired) electrons. The predicted molar refractivity (Wildman–Crippen MR) is 76.0 cm³/mol. The quantitative estimate of drug-likeness (QED) is 0.928. The number of anilines is 1. The second-order valence-electron chi connectivity index (χ2n) is 4.99. The monoisotopic (exact) mass is 285 g/mol. The molecule has 1 aromatic carbocycles. The number of benzene rings is 1. The zero-order chi connectivity index (χ0) is 14.8. The van der Waals surface area contributed by atoms with Gasteiger partial charge in [0.25, 0.3) is 5.91 Å². The van der Waals surface area contributed by atoms with E-state index < -0.39 is 0 Å². The average Bonchev–Trinajstić information content (AvgIpc) is 3.03. The maximum Gasteiger partial charge on any atom is 0.288 e. The summed E-state index contributed by atoms with van der Waals surface area (Å²) in [5, 5.41) is 2.79. The molecule has 108 valence electrons. The zero-order valence-electron chi connectivity index (χ0n) is 11.6. The smallest absolute Gasteiger partial charge is 0.288 e. The van der Waals surface area contributed by atoms with Crippen molar-refractivity contribution >= 4 is 17.5 Å². The Balaban J connectivity index is 1.75. The second-order valence-corrected chi connectivity index (χ2v) is 4.99. The number of oxazole rings is 1. The van der Waals surface area contributed by atoms with E-state index in [1.54, 1.807) is 11.9 Å². The van der Waals surface area contributed by atoms with E-state index in [4.69, 9.17) is 4.42 Å². The van der Waals surface area contributed by atoms with Crippen molar-refractivity contribution in [2.45, 2.75) is 12.3 Å². The summed E-state index contributed by atoms with van der Waals surface area (Å²) in [5.41, 5.74) is 1.96. The molecule has 1 aliphatic heterocycles. The van der Waals surface area contributed by atoms with Crippen LogP contribution in [0, 0.1) is 0 Å². The number of para-hydroxylation sites is 1. The fourth-order valence-corrected chi connectivity index (χ4v) is 2.54. The lowest BCUT2D eigenvalue weighted by atomic mass is 9.89. The highest BCUT2D eigenvalue weighted by molar-refractivity contribution is 5.97. The number of aromatic nitrogens is 1. The Morgan fingerprint density at radius 2 is 2.29 bits per heavy atom. The molecule has 1 aliphatic rings. The van der Waals surface area contributed by atoms with Crippen molar-refractivity contribution in [1.29, 1.82) is 0 Å². The first-order valence-electron chi connectivity index (χ1n) is 6.69. The molecule has 0 aliphatic carbocycles. The van der Waals surface area contributed by atoms with Gasteiger partial charge in [0, 0.05) is 31.6 Å². The van der Waals surface area contributed by atoms with Crippen LogP contribution in [0.2, 0.25) is 0 Å². The third kappa shape index (κ3) is 2.52. The Labute approximate surface area is 121 Å². The highest BCUT2D eigenvalue weighted by atomic mass is 16.3. The van der Waals surface area contributed by atoms with Gasteiger partial charge in [-0.1, -0.05) is 18.2 Å². The first-order valence-corrected chi connectivity index (χ1v) is 6.69. The van der Waals surface area contributed by atoms with Crippen LogP contribution in [0.15, 0.2) is 41.3 Å². The van der Waals surface area contributed by atoms with Crippen LogP contribution in [-0.2, 0) is 4.79 Å². The molecule has 2 aromatic rings. The second kappa shape index (κ2) is 5.40. The van der Waals surface area contributed by atoms with Crippen molar-refractivity contribution in [2.75, 3.05) is 18.5 Å². The summed E-state index contributed by atoms with van der Waals surface area (Å²) < 4.78 is 4.94. The van der Waals surface area contributed by atoms with Gasteiger partial charge in [-0.15, -0.1) is 0 Å². The number of hydrogen-bond acceptors (Lipinski definition) is 4. The summed E-state index contributed by atoms with van der Waals surface area (Å²) in [6, 6.07) is 7.74. The number of fused-ring (bicyclic) bond motifs is 1. The van der Waals surface area contributed by atoms with E-state index in [1.165, 1.54) is 12.6 Å². The fourth-order valence-electron chi connectivity index (χ4n) is 2.54. The largest absolute Gasteiger partial charge is 0.438 e. The van der Waals surface area contributed by atoms with Crippen molar-refractivity contribution in [1.82, 2.24) is 10.3 Å². The van der Waals surface area contributed by atoms with E-state index in [0.29, 0.717) is 13.0 Å². The molecule has 0 saturated heterocycles. The topological polar surface area (TPSA) is 75.4 Å². The Kier molecular flexibility index (Phi) is 3.43. The van der Waals surface area contributed by atoms with Crippen LogP contribution in [0.3, 0.4) is 0 Å². The molecule has 0 saturated carbocycles. The van der Waals surface area contributed by atoms with Gasteiger partial charge < -0.3 is 14.6 Å². The van der Waals surface area contributed by atoms with Gasteiger partial charge >= 0.3 is 0 Å². The lowest BCUT2D eigenvalue weighted by Gasteiger charge is -2.31. The maximum atomic E-state index is 12.0. The molecule has 1 N–H and O–H groups in total. The summed E-state index contributed by atoms with van der Waals surface area (Å²) in [5.74, 6) is -0.136. The summed E-state index contributed by atoms with van der Waals surface area (Å²) >= 11 is 0. The standard InChI is InChI=1S/C15H15N3O3/c1-18-12-5-3-2-4-11(12)10(6-14(18)19)7-17-15(20)13-8-16-9-21-13/h2-5,8-10H,6-7H2,1H3,(H,17,20)/t10-/m0/s1. The minimum Gasteiger partial charge on any atom is -0.438 e. The summed E-state index contributed by atoms with van der Waals surface area (Å²) in [4.78, 5) is 29.3. The van der Waals surface area contributed by atoms with Crippen LogP contribution in [0.25, 0.3) is 0 Å². The first-order chi connectivity index (χ1) is 10.2. The number of carbonyl (C=O) groups excluding carboxylic acids is 2. The van der Waals surface area contributed by atoms with Crippen molar-refractivity contribution < 1.29 is 14.0 Å². The number of amides is 2. The van der Waals surface area contributed by atoms with Crippen molar-refractivity contribution in [3.8, 4) is 0 Å². The van der Waals surface area contributed by atoms with Crippen molar-refractivity contribution in [3.05, 3.63) is 48.2 Å². The summed E-state index contributed by atoms with van der Waals surface area (Å²) in [6.45, 7) is 0.385. The summed E-state index contributed by atoms with van der Waals surface area (Å²) in [7, 11) is 1.77. The van der Waals surface area contributed by atoms with Gasteiger partial charge in [-0.2, -0.15) is 0 Å². The van der Waals surface area contributed by atoms with Crippen LogP contribution in [0.5, 0.6) is 0 Å². The average molecular weight is 285 g/mol. The van der Waals surface area contributed by atoms with E-state index in [0.717, 1.165) is 11.3 Å². The highest BCUT2D eigenvalue weighted by Crippen LogP contribution is 2.34. The van der Waals surface area contributed by atoms with E-state index in [9.17, 15) is 9.59 Å². The molecule has 3 rings (SSSR count). The van der Waals surface area contributed by atoms with Crippen LogP contribution >= 0.6 is 0 Å². The van der Waals surface area contributed by atoms with Gasteiger partial charge in [0.2, 0.25) is 11.7 Å². The molecular formula is C15H15N3O3. The Bertz CT molecular complexity index is 667. The van der Waals surface area contributed by atoms with E-state index in [2.05, 4.69) is 10.3 Å². The predicted octanol–water partition coefficient (Wildman–Crippen LogP) is 1.55. The van der Waals surface area contributed by atoms with E-state index in [-0.39, 0.29) is 23.5 Å². The van der Waals surface area contributed by atoms with Gasteiger partial charge in [0.05, 0.1) is 6.20 Å². The SMILES string of the molecule is CN1C(=O)C[C@@H](CNC(=O)c2cnco2)c2ccccc21. The molecule has 0 fully saturated rings. The van der Waals surface area contributed by atoms with Gasteiger partial charge in [0.15, 0.2) is 6.39 Å². The Morgan fingerprint density at radius 1 is 1.48 bits per heavy atom. The number of nitrogens with one attached hydrogen (secondary N) is 1. The Morgan fingerprint density at radius 3 is 3.05 bits per heavy atom. The van der Waals surface area contributed by atoms with E-state index >= 15 is 0 Å². The lowest BCUT2D eigenvalue weighted by molar-refractivity contribution is -0.119. The van der Waals surface area contributed by atoms with Gasteiger partial charge in [-0.3, -0.25) is 9.59 Å². The maximum absolute atomic E-state index is 12.0. The first kappa shape index (κ1) is 13.4. The number of rotatable bonds is 3. The molecule has 6 nitrogen and oxygen atoms in total. The molecule has 1 aromatic heterocycles. The van der Waals surface area contributed by atoms with Gasteiger partial charge in [-0.25, -0.2) is 4.98 Å². The fraction of sp³-hybridized carbons (Fsp3) is 0.267. The normalized spacial score (nSPS) is 17.5. The molecule has 2 amide bonds. The zero-order valence-corrected chi connectivity index (χ0v) is 11.6. The van der Waals surface area contributed by atoms with E-state index in [1.807, 2.05) is 24.3 Å². The molecule has 21 heavy (non-hydrogen) atoms. The number of carbonyl (C=O) groups is 2. The highest BCUT2D eigenvalue weighted by Gasteiger charge is 2.29. The van der Waals surface area contributed by atoms with Crippen molar-refractivity contribution in [3.63, 3.8) is 0 Å². The number of nitrogens with zero attached hydrogens (tertiary/aromatic N) is 2. The lowest BCUT2D eigenvalue weighted by Crippen LogP contribution is -2.37. The van der Waals surface area contributed by atoms with Crippen LogP contribution < -0.4 is 10.2 Å². The molecule has 0 unspecified atom stereocenters. The van der Waals surface area contributed by atoms with Crippen LogP contribution in [0.4, 0.5) is 5.69 Å². The minimum absolute atomic E-state index is 0.0308. The molecule has 2 heterocycles. The molecule has 0 bridgehead atoms. The van der Waals surface area contributed by atoms with Crippen molar-refractivity contribution in [2.24, 2.45) is 0 Å². The number of hydrogen-bond donors (Lipinski definition) is 1. The minimum atomic E-state index is -0.323. The Hall–Kier alpha value is -2.63. The molecule has 0 spiro atoms. The molecule has 1 atom stereocenters. The molecule has 6 heteroatoms. The van der Waals surface area contributed by atoms with Crippen LogP contribution in [0.1, 0.15) is 28.5 Å². The van der Waals surface area contributed by atoms with Gasteiger partial charge in [0.1, 0.15) is 0 Å². The third-order valence-corrected chi connectivity index (χ3v) is 3.70. The molecular weight excluding hydrogens is 270 g/mol.